The minimum Gasteiger partial charge on any atom is -0.469 e. The largest absolute Gasteiger partial charge is 0.469 e. The number of nitrogens with one attached hydrogen (secondary N) is 2. The third-order valence-electron chi connectivity index (χ3n) is 5.84. The molecular weight excluding hydrogens is 417 g/mol. The van der Waals surface area contributed by atoms with Crippen molar-refractivity contribution in [1.29, 1.82) is 0 Å². The van der Waals surface area contributed by atoms with Gasteiger partial charge in [-0.15, -0.1) is 0 Å². The molecular formula is C22H20FN5O4. The zero-order valence-electron chi connectivity index (χ0n) is 17.2. The van der Waals surface area contributed by atoms with Crippen molar-refractivity contribution in [2.75, 3.05) is 22.1 Å². The number of fused-ring (bicyclic) bond motifs is 1. The standard InChI is InChI=1S/C22H20FN5O4/c1-27-21-19(15(10-17(29)24-21)16-3-2-8-32-16)20(26-27)25-22(31)12-9-18(30)28(11-12)14-6-4-13(23)5-7-14/h2-8,12,15H,9-11H2,1H3,(H,24,29)(H,25,26,31)/t12-,15+/m1/s1. The van der Waals surface area contributed by atoms with Gasteiger partial charge in [0.25, 0.3) is 0 Å². The van der Waals surface area contributed by atoms with Crippen LogP contribution in [0.2, 0.25) is 0 Å². The number of carbonyl (C=O) groups is 3. The van der Waals surface area contributed by atoms with E-state index in [9.17, 15) is 18.8 Å². The lowest BCUT2D eigenvalue weighted by Crippen LogP contribution is -2.29. The maximum absolute atomic E-state index is 13.2. The molecule has 0 spiro atoms. The molecule has 1 aromatic carbocycles. The lowest BCUT2D eigenvalue weighted by molar-refractivity contribution is -0.122. The highest BCUT2D eigenvalue weighted by Crippen LogP contribution is 2.41. The second-order valence-electron chi connectivity index (χ2n) is 7.93. The van der Waals surface area contributed by atoms with Gasteiger partial charge in [-0.3, -0.25) is 19.1 Å². The fourth-order valence-corrected chi connectivity index (χ4v) is 4.29. The van der Waals surface area contributed by atoms with Gasteiger partial charge in [-0.05, 0) is 36.4 Å². The molecule has 0 saturated carbocycles. The molecule has 1 saturated heterocycles. The van der Waals surface area contributed by atoms with Gasteiger partial charge in [-0.2, -0.15) is 5.10 Å². The molecule has 2 N–H and O–H groups in total. The SMILES string of the molecule is Cn1nc(NC(=O)[C@@H]2CC(=O)N(c3ccc(F)cc3)C2)c2c1NC(=O)C[C@H]2c1ccco1. The molecule has 5 rings (SSSR count). The Morgan fingerprint density at radius 2 is 2.00 bits per heavy atom. The average molecular weight is 437 g/mol. The second-order valence-corrected chi connectivity index (χ2v) is 7.93. The molecule has 0 radical (unpaired) electrons. The lowest BCUT2D eigenvalue weighted by Gasteiger charge is -2.22. The predicted molar refractivity (Wildman–Crippen MR) is 112 cm³/mol. The lowest BCUT2D eigenvalue weighted by atomic mass is 9.91. The van der Waals surface area contributed by atoms with E-state index in [4.69, 9.17) is 4.42 Å². The highest BCUT2D eigenvalue weighted by molar-refractivity contribution is 6.04. The fraction of sp³-hybridized carbons (Fsp3) is 0.273. The van der Waals surface area contributed by atoms with E-state index in [0.29, 0.717) is 28.6 Å². The van der Waals surface area contributed by atoms with E-state index in [0.717, 1.165) is 0 Å². The van der Waals surface area contributed by atoms with Crippen LogP contribution in [0.15, 0.2) is 47.1 Å². The number of carbonyl (C=O) groups excluding carboxylic acids is 3. The Bertz CT molecular complexity index is 1200. The third kappa shape index (κ3) is 3.43. The van der Waals surface area contributed by atoms with E-state index in [2.05, 4.69) is 15.7 Å². The first kappa shape index (κ1) is 20.0. The summed E-state index contributed by atoms with van der Waals surface area (Å²) in [5, 5.41) is 10.0. The van der Waals surface area contributed by atoms with Gasteiger partial charge in [0.1, 0.15) is 17.4 Å². The summed E-state index contributed by atoms with van der Waals surface area (Å²) >= 11 is 0. The molecule has 2 aliphatic rings. The molecule has 0 bridgehead atoms. The molecule has 164 valence electrons. The van der Waals surface area contributed by atoms with Gasteiger partial charge in [-0.25, -0.2) is 4.39 Å². The molecule has 2 atom stereocenters. The molecule has 2 aromatic heterocycles. The zero-order chi connectivity index (χ0) is 22.4. The van der Waals surface area contributed by atoms with Crippen LogP contribution in [-0.4, -0.2) is 34.0 Å². The van der Waals surface area contributed by atoms with Crippen LogP contribution in [-0.2, 0) is 21.4 Å². The average Bonchev–Trinajstić information content (AvgIpc) is 3.49. The first-order valence-corrected chi connectivity index (χ1v) is 10.2. The maximum atomic E-state index is 13.2. The highest BCUT2D eigenvalue weighted by Gasteiger charge is 2.38. The number of amides is 3. The summed E-state index contributed by atoms with van der Waals surface area (Å²) < 4.78 is 20.2. The minimum absolute atomic E-state index is 0.0383. The van der Waals surface area contributed by atoms with Gasteiger partial charge in [-0.1, -0.05) is 0 Å². The van der Waals surface area contributed by atoms with Crippen LogP contribution >= 0.6 is 0 Å². The van der Waals surface area contributed by atoms with Crippen molar-refractivity contribution < 1.29 is 23.2 Å². The predicted octanol–water partition coefficient (Wildman–Crippen LogP) is 2.62. The number of anilines is 3. The Morgan fingerprint density at radius 1 is 1.22 bits per heavy atom. The molecule has 3 amide bonds. The minimum atomic E-state index is -0.592. The van der Waals surface area contributed by atoms with Crippen LogP contribution < -0.4 is 15.5 Å². The Kier molecular flexibility index (Phi) is 4.76. The van der Waals surface area contributed by atoms with Crippen molar-refractivity contribution in [3.05, 3.63) is 59.8 Å². The number of rotatable bonds is 4. The van der Waals surface area contributed by atoms with Gasteiger partial charge < -0.3 is 20.0 Å². The van der Waals surface area contributed by atoms with Gasteiger partial charge in [0, 0.05) is 32.1 Å². The fourth-order valence-electron chi connectivity index (χ4n) is 4.29. The summed E-state index contributed by atoms with van der Waals surface area (Å²) in [6.07, 6.45) is 1.73. The zero-order valence-corrected chi connectivity index (χ0v) is 17.2. The van der Waals surface area contributed by atoms with Crippen molar-refractivity contribution >= 4 is 35.0 Å². The number of hydrogen-bond acceptors (Lipinski definition) is 5. The first-order valence-electron chi connectivity index (χ1n) is 10.2. The van der Waals surface area contributed by atoms with Gasteiger partial charge in [0.2, 0.25) is 17.7 Å². The molecule has 0 aliphatic carbocycles. The van der Waals surface area contributed by atoms with Crippen molar-refractivity contribution in [3.8, 4) is 0 Å². The van der Waals surface area contributed by atoms with Crippen molar-refractivity contribution in [1.82, 2.24) is 9.78 Å². The number of aromatic nitrogens is 2. The summed E-state index contributed by atoms with van der Waals surface area (Å²) in [6.45, 7) is 0.184. The molecule has 10 heteroatoms. The molecule has 32 heavy (non-hydrogen) atoms. The van der Waals surface area contributed by atoms with E-state index < -0.39 is 17.7 Å². The van der Waals surface area contributed by atoms with Gasteiger partial charge in [0.15, 0.2) is 5.82 Å². The number of benzene rings is 1. The molecule has 4 heterocycles. The maximum Gasteiger partial charge on any atom is 0.231 e. The number of halogens is 1. The molecule has 2 aliphatic heterocycles. The second kappa shape index (κ2) is 7.63. The van der Waals surface area contributed by atoms with Crippen LogP contribution in [0.4, 0.5) is 21.7 Å². The summed E-state index contributed by atoms with van der Waals surface area (Å²) in [7, 11) is 1.68. The summed E-state index contributed by atoms with van der Waals surface area (Å²) in [5.74, 6) is -0.689. The number of aryl methyl sites for hydroxylation is 1. The van der Waals surface area contributed by atoms with Crippen molar-refractivity contribution in [2.45, 2.75) is 18.8 Å². The van der Waals surface area contributed by atoms with E-state index in [-0.39, 0.29) is 37.1 Å². The normalized spacial score (nSPS) is 20.2. The Hall–Kier alpha value is -3.95. The van der Waals surface area contributed by atoms with E-state index in [1.54, 1.807) is 19.2 Å². The van der Waals surface area contributed by atoms with Crippen LogP contribution in [0, 0.1) is 11.7 Å². The Labute approximate surface area is 182 Å². The summed E-state index contributed by atoms with van der Waals surface area (Å²) in [6, 6.07) is 9.10. The van der Waals surface area contributed by atoms with E-state index in [1.165, 1.54) is 40.1 Å². The first-order chi connectivity index (χ1) is 15.4. The monoisotopic (exact) mass is 437 g/mol. The van der Waals surface area contributed by atoms with Gasteiger partial charge >= 0.3 is 0 Å². The Morgan fingerprint density at radius 3 is 2.72 bits per heavy atom. The topological polar surface area (TPSA) is 109 Å². The summed E-state index contributed by atoms with van der Waals surface area (Å²) in [5.41, 5.74) is 1.21. The molecule has 0 unspecified atom stereocenters. The van der Waals surface area contributed by atoms with Crippen LogP contribution in [0.5, 0.6) is 0 Å². The number of hydrogen-bond donors (Lipinski definition) is 2. The van der Waals surface area contributed by atoms with Crippen LogP contribution in [0.25, 0.3) is 0 Å². The van der Waals surface area contributed by atoms with Crippen molar-refractivity contribution in [2.24, 2.45) is 13.0 Å². The summed E-state index contributed by atoms with van der Waals surface area (Å²) in [4.78, 5) is 39.2. The van der Waals surface area contributed by atoms with Crippen molar-refractivity contribution in [3.63, 3.8) is 0 Å². The number of nitrogens with zero attached hydrogens (tertiary/aromatic N) is 3. The molecule has 9 nitrogen and oxygen atoms in total. The van der Waals surface area contributed by atoms with E-state index >= 15 is 0 Å². The number of furan rings is 1. The molecule has 3 aromatic rings. The third-order valence-corrected chi connectivity index (χ3v) is 5.84. The Balaban J connectivity index is 1.39. The quantitative estimate of drug-likeness (QED) is 0.652. The van der Waals surface area contributed by atoms with E-state index in [1.807, 2.05) is 0 Å². The smallest absolute Gasteiger partial charge is 0.231 e. The van der Waals surface area contributed by atoms with Crippen LogP contribution in [0.1, 0.15) is 30.1 Å². The molecule has 1 fully saturated rings. The van der Waals surface area contributed by atoms with Crippen LogP contribution in [0.3, 0.4) is 0 Å². The van der Waals surface area contributed by atoms with Gasteiger partial charge in [0.05, 0.1) is 23.7 Å². The highest BCUT2D eigenvalue weighted by atomic mass is 19.1.